The Balaban J connectivity index is 1.46. The first kappa shape index (κ1) is 15.8. The van der Waals surface area contributed by atoms with Crippen molar-refractivity contribution in [3.8, 4) is 0 Å². The van der Waals surface area contributed by atoms with E-state index in [2.05, 4.69) is 15.2 Å². The van der Waals surface area contributed by atoms with E-state index in [0.717, 1.165) is 30.9 Å². The molecule has 23 heavy (non-hydrogen) atoms. The minimum Gasteiger partial charge on any atom is -0.357 e. The molecule has 0 radical (unpaired) electrons. The van der Waals surface area contributed by atoms with Crippen molar-refractivity contribution < 1.29 is 9.59 Å². The van der Waals surface area contributed by atoms with Crippen LogP contribution >= 0.6 is 0 Å². The molecule has 1 N–H and O–H groups in total. The average molecular weight is 316 g/mol. The molecule has 2 aliphatic rings. The topological polar surface area (TPSA) is 65.5 Å². The number of rotatable bonds is 5. The Labute approximate surface area is 136 Å². The maximum atomic E-state index is 11.9. The molecular formula is C17H24N4O2. The molecule has 0 saturated carbocycles. The molecule has 1 aromatic heterocycles. The summed E-state index contributed by atoms with van der Waals surface area (Å²) < 4.78 is 0. The molecule has 124 valence electrons. The highest BCUT2D eigenvalue weighted by molar-refractivity contribution is 5.85. The van der Waals surface area contributed by atoms with Gasteiger partial charge in [0.05, 0.1) is 6.54 Å². The van der Waals surface area contributed by atoms with Crippen molar-refractivity contribution in [2.45, 2.75) is 38.6 Å². The van der Waals surface area contributed by atoms with Crippen molar-refractivity contribution >= 4 is 17.6 Å². The van der Waals surface area contributed by atoms with Gasteiger partial charge in [0.25, 0.3) is 0 Å². The zero-order chi connectivity index (χ0) is 16.1. The number of carbonyl (C=O) groups is 2. The molecule has 2 amide bonds. The predicted molar refractivity (Wildman–Crippen MR) is 88.0 cm³/mol. The van der Waals surface area contributed by atoms with Crippen LogP contribution in [-0.4, -0.2) is 47.9 Å². The highest BCUT2D eigenvalue weighted by Gasteiger charge is 2.22. The van der Waals surface area contributed by atoms with E-state index in [1.165, 1.54) is 19.3 Å². The van der Waals surface area contributed by atoms with E-state index in [0.29, 0.717) is 19.5 Å². The second-order valence-corrected chi connectivity index (χ2v) is 6.27. The fourth-order valence-corrected chi connectivity index (χ4v) is 3.13. The average Bonchev–Trinajstić information content (AvgIpc) is 2.99. The Hall–Kier alpha value is -2.11. The van der Waals surface area contributed by atoms with E-state index in [1.807, 2.05) is 18.3 Å². The largest absolute Gasteiger partial charge is 0.357 e. The normalized spacial score (nSPS) is 18.3. The number of anilines is 1. The number of carbonyl (C=O) groups excluding carboxylic acids is 2. The Morgan fingerprint density at radius 2 is 1.96 bits per heavy atom. The summed E-state index contributed by atoms with van der Waals surface area (Å²) in [6.45, 7) is 3.46. The van der Waals surface area contributed by atoms with E-state index in [1.54, 1.807) is 4.90 Å². The Bertz CT molecular complexity index is 552. The molecule has 0 unspecified atom stereocenters. The first-order valence-electron chi connectivity index (χ1n) is 8.47. The van der Waals surface area contributed by atoms with E-state index in [9.17, 15) is 9.59 Å². The zero-order valence-electron chi connectivity index (χ0n) is 13.5. The second-order valence-electron chi connectivity index (χ2n) is 6.27. The molecule has 1 aromatic rings. The number of amides is 2. The molecule has 0 atom stereocenters. The number of hydrogen-bond donors (Lipinski definition) is 1. The van der Waals surface area contributed by atoms with Gasteiger partial charge in [0.2, 0.25) is 11.8 Å². The summed E-state index contributed by atoms with van der Waals surface area (Å²) in [7, 11) is 0. The summed E-state index contributed by atoms with van der Waals surface area (Å²) in [5.74, 6) is 0.982. The molecule has 3 rings (SSSR count). The number of pyridine rings is 1. The molecule has 2 fully saturated rings. The van der Waals surface area contributed by atoms with E-state index in [-0.39, 0.29) is 18.4 Å². The van der Waals surface area contributed by atoms with Crippen LogP contribution in [0.15, 0.2) is 18.3 Å². The van der Waals surface area contributed by atoms with Gasteiger partial charge in [0.1, 0.15) is 5.82 Å². The van der Waals surface area contributed by atoms with Crippen LogP contribution in [0.5, 0.6) is 0 Å². The third-order valence-corrected chi connectivity index (χ3v) is 4.48. The molecule has 0 bridgehead atoms. The summed E-state index contributed by atoms with van der Waals surface area (Å²) in [6, 6.07) is 4.04. The quantitative estimate of drug-likeness (QED) is 0.889. The third-order valence-electron chi connectivity index (χ3n) is 4.48. The summed E-state index contributed by atoms with van der Waals surface area (Å²) in [6.07, 6.45) is 7.01. The van der Waals surface area contributed by atoms with Gasteiger partial charge in [-0.1, -0.05) is 6.07 Å². The first-order chi connectivity index (χ1) is 11.2. The van der Waals surface area contributed by atoms with Gasteiger partial charge in [-0.05, 0) is 37.3 Å². The first-order valence-corrected chi connectivity index (χ1v) is 8.47. The van der Waals surface area contributed by atoms with Crippen LogP contribution in [0.4, 0.5) is 5.82 Å². The lowest BCUT2D eigenvalue weighted by Gasteiger charge is -2.27. The van der Waals surface area contributed by atoms with Gasteiger partial charge >= 0.3 is 0 Å². The molecule has 6 heteroatoms. The number of hydrogen-bond acceptors (Lipinski definition) is 4. The summed E-state index contributed by atoms with van der Waals surface area (Å²) in [5.41, 5.74) is 0.979. The van der Waals surface area contributed by atoms with Crippen molar-refractivity contribution in [3.05, 3.63) is 23.9 Å². The summed E-state index contributed by atoms with van der Waals surface area (Å²) in [5, 5.41) is 2.86. The fourth-order valence-electron chi connectivity index (χ4n) is 3.13. The minimum absolute atomic E-state index is 0.0766. The van der Waals surface area contributed by atoms with Crippen molar-refractivity contribution in [1.82, 2.24) is 15.2 Å². The Kier molecular flexibility index (Phi) is 5.10. The van der Waals surface area contributed by atoms with Crippen molar-refractivity contribution in [1.29, 1.82) is 0 Å². The Morgan fingerprint density at radius 3 is 2.61 bits per heavy atom. The van der Waals surface area contributed by atoms with Crippen molar-refractivity contribution in [2.75, 3.05) is 31.1 Å². The molecule has 0 spiro atoms. The third kappa shape index (κ3) is 4.21. The van der Waals surface area contributed by atoms with Crippen LogP contribution < -0.4 is 10.2 Å². The molecule has 6 nitrogen and oxygen atoms in total. The molecule has 3 heterocycles. The lowest BCUT2D eigenvalue weighted by atomic mass is 10.1. The highest BCUT2D eigenvalue weighted by atomic mass is 16.2. The molecule has 0 aromatic carbocycles. The summed E-state index contributed by atoms with van der Waals surface area (Å²) in [4.78, 5) is 31.8. The maximum Gasteiger partial charge on any atom is 0.239 e. The van der Waals surface area contributed by atoms with Gasteiger partial charge in [-0.25, -0.2) is 4.98 Å². The lowest BCUT2D eigenvalue weighted by Crippen LogP contribution is -2.37. The smallest absolute Gasteiger partial charge is 0.239 e. The Morgan fingerprint density at radius 1 is 1.13 bits per heavy atom. The van der Waals surface area contributed by atoms with Gasteiger partial charge < -0.3 is 15.1 Å². The van der Waals surface area contributed by atoms with E-state index in [4.69, 9.17) is 0 Å². The summed E-state index contributed by atoms with van der Waals surface area (Å²) >= 11 is 0. The highest BCUT2D eigenvalue weighted by Crippen LogP contribution is 2.17. The van der Waals surface area contributed by atoms with Crippen LogP contribution in [-0.2, 0) is 16.1 Å². The fraction of sp³-hybridized carbons (Fsp3) is 0.588. The van der Waals surface area contributed by atoms with Crippen LogP contribution in [0.2, 0.25) is 0 Å². The van der Waals surface area contributed by atoms with Crippen LogP contribution in [0.1, 0.15) is 37.7 Å². The van der Waals surface area contributed by atoms with Gasteiger partial charge in [0.15, 0.2) is 0 Å². The molecule has 2 aliphatic heterocycles. The minimum atomic E-state index is -0.111. The molecule has 2 saturated heterocycles. The van der Waals surface area contributed by atoms with Crippen molar-refractivity contribution in [2.24, 2.45) is 0 Å². The lowest BCUT2D eigenvalue weighted by molar-refractivity contribution is -0.133. The maximum absolute atomic E-state index is 11.9. The van der Waals surface area contributed by atoms with Crippen molar-refractivity contribution in [3.63, 3.8) is 0 Å². The second kappa shape index (κ2) is 7.44. The monoisotopic (exact) mass is 316 g/mol. The SMILES string of the molecule is O=C(CN1CCCC1=O)NCc1ccc(N2CCCCC2)nc1. The van der Waals surface area contributed by atoms with Gasteiger partial charge in [-0.15, -0.1) is 0 Å². The number of nitrogens with zero attached hydrogens (tertiary/aromatic N) is 3. The van der Waals surface area contributed by atoms with Gasteiger partial charge in [-0.3, -0.25) is 9.59 Å². The van der Waals surface area contributed by atoms with Crippen LogP contribution in [0.3, 0.4) is 0 Å². The van der Waals surface area contributed by atoms with Crippen LogP contribution in [0, 0.1) is 0 Å². The van der Waals surface area contributed by atoms with Gasteiger partial charge in [-0.2, -0.15) is 0 Å². The number of nitrogens with one attached hydrogen (secondary N) is 1. The number of aromatic nitrogens is 1. The van der Waals surface area contributed by atoms with Crippen LogP contribution in [0.25, 0.3) is 0 Å². The van der Waals surface area contributed by atoms with E-state index < -0.39 is 0 Å². The van der Waals surface area contributed by atoms with E-state index >= 15 is 0 Å². The standard InChI is InChI=1S/C17H24N4O2/c22-16(13-21-10-4-5-17(21)23)19-12-14-6-7-15(18-11-14)20-8-2-1-3-9-20/h6-7,11H,1-5,8-10,12-13H2,(H,19,22). The molecular weight excluding hydrogens is 292 g/mol. The number of piperidine rings is 1. The zero-order valence-corrected chi connectivity index (χ0v) is 13.5. The number of likely N-dealkylation sites (tertiary alicyclic amines) is 1. The molecule has 0 aliphatic carbocycles. The predicted octanol–water partition coefficient (Wildman–Crippen LogP) is 1.31. The van der Waals surface area contributed by atoms with Gasteiger partial charge in [0, 0.05) is 38.8 Å².